The van der Waals surface area contributed by atoms with Gasteiger partial charge in [-0.3, -0.25) is 0 Å². The highest BCUT2D eigenvalue weighted by Gasteiger charge is 2.40. The summed E-state index contributed by atoms with van der Waals surface area (Å²) in [6, 6.07) is 5.05. The standard InChI is InChI=1S/C14H19BrN2O3S/c15-11-1-4-14(13(16)7-11)21(18,19)17(12-2-3-12)8-10-5-6-20-9-10/h1,4,7,10,12H,2-3,5-6,8-9,16H2. The second-order valence-corrected chi connectivity index (χ2v) is 8.49. The molecule has 0 amide bonds. The molecule has 1 unspecified atom stereocenters. The van der Waals surface area contributed by atoms with Gasteiger partial charge in [0, 0.05) is 23.7 Å². The molecule has 0 bridgehead atoms. The first-order valence-corrected chi connectivity index (χ1v) is 9.36. The van der Waals surface area contributed by atoms with Crippen molar-refractivity contribution in [2.24, 2.45) is 5.92 Å². The van der Waals surface area contributed by atoms with Crippen molar-refractivity contribution in [2.75, 3.05) is 25.5 Å². The van der Waals surface area contributed by atoms with Gasteiger partial charge in [-0.1, -0.05) is 15.9 Å². The van der Waals surface area contributed by atoms with Crippen molar-refractivity contribution in [3.63, 3.8) is 0 Å². The van der Waals surface area contributed by atoms with Crippen LogP contribution in [-0.4, -0.2) is 38.5 Å². The fourth-order valence-electron chi connectivity index (χ4n) is 2.67. The van der Waals surface area contributed by atoms with Crippen LogP contribution in [0.5, 0.6) is 0 Å². The number of hydrogen-bond acceptors (Lipinski definition) is 4. The topological polar surface area (TPSA) is 72.6 Å². The minimum Gasteiger partial charge on any atom is -0.398 e. The minimum atomic E-state index is -3.54. The van der Waals surface area contributed by atoms with Gasteiger partial charge in [0.05, 0.1) is 12.3 Å². The summed E-state index contributed by atoms with van der Waals surface area (Å²) in [4.78, 5) is 0.205. The van der Waals surface area contributed by atoms with E-state index in [1.807, 2.05) is 0 Å². The Morgan fingerprint density at radius 3 is 2.67 bits per heavy atom. The lowest BCUT2D eigenvalue weighted by Crippen LogP contribution is -2.37. The third-order valence-corrected chi connectivity index (χ3v) is 6.46. The molecule has 2 fully saturated rings. The van der Waals surface area contributed by atoms with E-state index < -0.39 is 10.0 Å². The quantitative estimate of drug-likeness (QED) is 0.801. The van der Waals surface area contributed by atoms with Crippen LogP contribution in [0.2, 0.25) is 0 Å². The molecule has 1 atom stereocenters. The lowest BCUT2D eigenvalue weighted by Gasteiger charge is -2.25. The lowest BCUT2D eigenvalue weighted by atomic mass is 10.1. The van der Waals surface area contributed by atoms with E-state index >= 15 is 0 Å². The van der Waals surface area contributed by atoms with Crippen LogP contribution in [0, 0.1) is 5.92 Å². The SMILES string of the molecule is Nc1cc(Br)ccc1S(=O)(=O)N(CC1CCOC1)C1CC1. The van der Waals surface area contributed by atoms with E-state index in [1.165, 1.54) is 0 Å². The Labute approximate surface area is 133 Å². The van der Waals surface area contributed by atoms with Crippen LogP contribution < -0.4 is 5.73 Å². The van der Waals surface area contributed by atoms with Crippen LogP contribution >= 0.6 is 15.9 Å². The summed E-state index contributed by atoms with van der Waals surface area (Å²) < 4.78 is 33.6. The summed E-state index contributed by atoms with van der Waals surface area (Å²) in [6.07, 6.45) is 2.79. The molecule has 1 saturated carbocycles. The molecule has 1 aromatic carbocycles. The van der Waals surface area contributed by atoms with E-state index in [-0.39, 0.29) is 22.5 Å². The van der Waals surface area contributed by atoms with Gasteiger partial charge >= 0.3 is 0 Å². The van der Waals surface area contributed by atoms with Crippen molar-refractivity contribution in [3.8, 4) is 0 Å². The summed E-state index contributed by atoms with van der Waals surface area (Å²) in [5, 5.41) is 0. The molecule has 1 aliphatic heterocycles. The molecule has 3 rings (SSSR count). The first-order valence-electron chi connectivity index (χ1n) is 7.13. The van der Waals surface area contributed by atoms with E-state index in [4.69, 9.17) is 10.5 Å². The Kier molecular flexibility index (Phi) is 4.27. The number of nitrogens with zero attached hydrogens (tertiary/aromatic N) is 1. The molecule has 116 valence electrons. The second kappa shape index (κ2) is 5.87. The summed E-state index contributed by atoms with van der Waals surface area (Å²) in [6.45, 7) is 1.90. The number of sulfonamides is 1. The summed E-state index contributed by atoms with van der Waals surface area (Å²) in [7, 11) is -3.54. The molecule has 1 saturated heterocycles. The van der Waals surface area contributed by atoms with Gasteiger partial charge in [-0.15, -0.1) is 0 Å². The summed E-state index contributed by atoms with van der Waals surface area (Å²) in [5.74, 6) is 0.289. The molecular formula is C14H19BrN2O3S. The molecular weight excluding hydrogens is 356 g/mol. The monoisotopic (exact) mass is 374 g/mol. The molecule has 0 spiro atoms. The van der Waals surface area contributed by atoms with Crippen molar-refractivity contribution in [3.05, 3.63) is 22.7 Å². The van der Waals surface area contributed by atoms with Gasteiger partial charge in [0.15, 0.2) is 0 Å². The molecule has 7 heteroatoms. The number of benzene rings is 1. The molecule has 1 aromatic rings. The highest BCUT2D eigenvalue weighted by atomic mass is 79.9. The first kappa shape index (κ1) is 15.3. The highest BCUT2D eigenvalue weighted by Crippen LogP contribution is 2.35. The van der Waals surface area contributed by atoms with E-state index in [1.54, 1.807) is 22.5 Å². The average Bonchev–Trinajstić information content (AvgIpc) is 3.11. The number of rotatable bonds is 5. The Morgan fingerprint density at radius 1 is 1.33 bits per heavy atom. The van der Waals surface area contributed by atoms with Crippen LogP contribution in [0.25, 0.3) is 0 Å². The molecule has 2 N–H and O–H groups in total. The Bertz CT molecular complexity index is 625. The maximum absolute atomic E-state index is 12.9. The van der Waals surface area contributed by atoms with E-state index in [0.29, 0.717) is 13.2 Å². The maximum Gasteiger partial charge on any atom is 0.245 e. The number of halogens is 1. The van der Waals surface area contributed by atoms with Gasteiger partial charge in [-0.05, 0) is 43.4 Å². The van der Waals surface area contributed by atoms with Crippen LogP contribution in [0.3, 0.4) is 0 Å². The molecule has 1 heterocycles. The van der Waals surface area contributed by atoms with Gasteiger partial charge in [-0.25, -0.2) is 8.42 Å². The van der Waals surface area contributed by atoms with Crippen molar-refractivity contribution in [1.82, 2.24) is 4.31 Å². The average molecular weight is 375 g/mol. The largest absolute Gasteiger partial charge is 0.398 e. The summed E-state index contributed by atoms with van der Waals surface area (Å²) in [5.41, 5.74) is 6.20. The van der Waals surface area contributed by atoms with Gasteiger partial charge < -0.3 is 10.5 Å². The number of nitrogen functional groups attached to an aromatic ring is 1. The number of nitrogens with two attached hydrogens (primary N) is 1. The zero-order valence-electron chi connectivity index (χ0n) is 11.7. The van der Waals surface area contributed by atoms with Crippen LogP contribution in [-0.2, 0) is 14.8 Å². The molecule has 21 heavy (non-hydrogen) atoms. The van der Waals surface area contributed by atoms with Gasteiger partial charge in [0.2, 0.25) is 10.0 Å². The molecule has 2 aliphatic rings. The van der Waals surface area contributed by atoms with Crippen LogP contribution in [0.1, 0.15) is 19.3 Å². The number of anilines is 1. The third kappa shape index (κ3) is 3.26. The maximum atomic E-state index is 12.9. The number of hydrogen-bond donors (Lipinski definition) is 1. The van der Waals surface area contributed by atoms with E-state index in [2.05, 4.69) is 15.9 Å². The Balaban J connectivity index is 1.89. The lowest BCUT2D eigenvalue weighted by molar-refractivity contribution is 0.180. The Hall–Kier alpha value is -0.630. The zero-order chi connectivity index (χ0) is 15.0. The molecule has 5 nitrogen and oxygen atoms in total. The second-order valence-electron chi connectivity index (χ2n) is 5.72. The number of ether oxygens (including phenoxy) is 1. The van der Waals surface area contributed by atoms with Crippen LogP contribution in [0.15, 0.2) is 27.6 Å². The van der Waals surface area contributed by atoms with Gasteiger partial charge in [0.25, 0.3) is 0 Å². The predicted octanol–water partition coefficient (Wildman–Crippen LogP) is 2.22. The van der Waals surface area contributed by atoms with Crippen molar-refractivity contribution in [1.29, 1.82) is 0 Å². The zero-order valence-corrected chi connectivity index (χ0v) is 14.1. The Morgan fingerprint density at radius 2 is 2.10 bits per heavy atom. The highest BCUT2D eigenvalue weighted by molar-refractivity contribution is 9.10. The minimum absolute atomic E-state index is 0.124. The van der Waals surface area contributed by atoms with Crippen molar-refractivity contribution < 1.29 is 13.2 Å². The molecule has 0 aromatic heterocycles. The first-order chi connectivity index (χ1) is 9.98. The fourth-order valence-corrected chi connectivity index (χ4v) is 4.91. The predicted molar refractivity (Wildman–Crippen MR) is 84.4 cm³/mol. The van der Waals surface area contributed by atoms with Crippen LogP contribution in [0.4, 0.5) is 5.69 Å². The van der Waals surface area contributed by atoms with Gasteiger partial charge in [-0.2, -0.15) is 4.31 Å². The van der Waals surface area contributed by atoms with Crippen molar-refractivity contribution >= 4 is 31.6 Å². The van der Waals surface area contributed by atoms with Crippen molar-refractivity contribution in [2.45, 2.75) is 30.2 Å². The summed E-state index contributed by atoms with van der Waals surface area (Å²) >= 11 is 3.31. The normalized spacial score (nSPS) is 22.9. The van der Waals surface area contributed by atoms with Gasteiger partial charge in [0.1, 0.15) is 4.90 Å². The third-order valence-electron chi connectivity index (χ3n) is 3.97. The van der Waals surface area contributed by atoms with E-state index in [9.17, 15) is 8.42 Å². The molecule has 0 radical (unpaired) electrons. The van der Waals surface area contributed by atoms with E-state index in [0.717, 1.165) is 30.3 Å². The fraction of sp³-hybridized carbons (Fsp3) is 0.571. The smallest absolute Gasteiger partial charge is 0.245 e. The molecule has 1 aliphatic carbocycles.